The maximum atomic E-state index is 12.2. The molecule has 2 atom stereocenters. The minimum atomic E-state index is -0.250. The number of methoxy groups -OCH3 is 3. The summed E-state index contributed by atoms with van der Waals surface area (Å²) in [6.07, 6.45) is 3.73. The van der Waals surface area contributed by atoms with Crippen LogP contribution in [0.15, 0.2) is 23.8 Å². The van der Waals surface area contributed by atoms with E-state index in [9.17, 15) is 4.79 Å². The molecule has 0 bridgehead atoms. The summed E-state index contributed by atoms with van der Waals surface area (Å²) in [7, 11) is 10.5. The number of ether oxygens (including phenoxy) is 3. The number of hydrogen-bond acceptors (Lipinski definition) is 4. The molecule has 0 saturated carbocycles. The molecule has 0 saturated heterocycles. The molecule has 1 aliphatic rings. The molecular formula is C17H21BO4. The van der Waals surface area contributed by atoms with Crippen LogP contribution >= 0.6 is 0 Å². The summed E-state index contributed by atoms with van der Waals surface area (Å²) in [5.41, 5.74) is 2.64. The van der Waals surface area contributed by atoms with E-state index in [4.69, 9.17) is 22.1 Å². The molecule has 0 unspecified atom stereocenters. The van der Waals surface area contributed by atoms with Crippen LogP contribution in [0.3, 0.4) is 0 Å². The Kier molecular flexibility index (Phi) is 5.17. The molecule has 1 aliphatic carbocycles. The average Bonchev–Trinajstić information content (AvgIpc) is 2.52. The van der Waals surface area contributed by atoms with Crippen molar-refractivity contribution in [2.45, 2.75) is 25.7 Å². The smallest absolute Gasteiger partial charge is 0.309 e. The van der Waals surface area contributed by atoms with Gasteiger partial charge in [-0.2, -0.15) is 0 Å². The van der Waals surface area contributed by atoms with Gasteiger partial charge in [-0.1, -0.05) is 17.1 Å². The van der Waals surface area contributed by atoms with Gasteiger partial charge in [-0.15, -0.1) is 0 Å². The molecule has 0 fully saturated rings. The van der Waals surface area contributed by atoms with Gasteiger partial charge in [0.25, 0.3) is 0 Å². The van der Waals surface area contributed by atoms with Crippen LogP contribution in [0.5, 0.6) is 11.5 Å². The van der Waals surface area contributed by atoms with E-state index in [1.807, 2.05) is 0 Å². The third kappa shape index (κ3) is 3.13. The molecule has 0 aromatic heterocycles. The quantitative estimate of drug-likeness (QED) is 0.485. The molecular weight excluding hydrogens is 279 g/mol. The van der Waals surface area contributed by atoms with Crippen LogP contribution in [-0.4, -0.2) is 35.1 Å². The van der Waals surface area contributed by atoms with E-state index in [1.165, 1.54) is 12.7 Å². The van der Waals surface area contributed by atoms with Crippen molar-refractivity contribution >= 4 is 19.3 Å². The average molecular weight is 300 g/mol. The predicted octanol–water partition coefficient (Wildman–Crippen LogP) is 2.11. The molecule has 116 valence electrons. The molecule has 5 heteroatoms. The summed E-state index contributed by atoms with van der Waals surface area (Å²) in [4.78, 5) is 12.2. The SMILES string of the molecule is [B]c1cc(OC)c([C@@H]2C=C(C)CC[C@H]2C(=O)OC)c(OC)c1. The lowest BCUT2D eigenvalue weighted by Crippen LogP contribution is -2.26. The van der Waals surface area contributed by atoms with Crippen LogP contribution in [-0.2, 0) is 9.53 Å². The van der Waals surface area contributed by atoms with E-state index in [0.29, 0.717) is 17.0 Å². The van der Waals surface area contributed by atoms with E-state index in [-0.39, 0.29) is 17.8 Å². The summed E-state index contributed by atoms with van der Waals surface area (Å²) in [6, 6.07) is 3.51. The van der Waals surface area contributed by atoms with Crippen molar-refractivity contribution in [2.75, 3.05) is 21.3 Å². The highest BCUT2D eigenvalue weighted by Crippen LogP contribution is 2.44. The summed E-state index contributed by atoms with van der Waals surface area (Å²) in [5.74, 6) is 0.643. The Bertz CT molecular complexity index is 569. The molecule has 2 radical (unpaired) electrons. The molecule has 0 heterocycles. The number of hydrogen-bond donors (Lipinski definition) is 0. The van der Waals surface area contributed by atoms with E-state index >= 15 is 0 Å². The summed E-state index contributed by atoms with van der Waals surface area (Å²) in [5, 5.41) is 0. The predicted molar refractivity (Wildman–Crippen MR) is 86.2 cm³/mol. The molecule has 22 heavy (non-hydrogen) atoms. The highest BCUT2D eigenvalue weighted by molar-refractivity contribution is 6.32. The van der Waals surface area contributed by atoms with Crippen LogP contribution in [0, 0.1) is 5.92 Å². The van der Waals surface area contributed by atoms with Crippen molar-refractivity contribution < 1.29 is 19.0 Å². The second-order valence-electron chi connectivity index (χ2n) is 5.55. The second-order valence-corrected chi connectivity index (χ2v) is 5.55. The Balaban J connectivity index is 2.59. The molecule has 0 aliphatic heterocycles. The van der Waals surface area contributed by atoms with Gasteiger partial charge in [-0.05, 0) is 31.9 Å². The van der Waals surface area contributed by atoms with E-state index in [2.05, 4.69) is 13.0 Å². The van der Waals surface area contributed by atoms with Gasteiger partial charge in [0, 0.05) is 11.5 Å². The molecule has 1 aromatic carbocycles. The van der Waals surface area contributed by atoms with Crippen LogP contribution in [0.2, 0.25) is 0 Å². The van der Waals surface area contributed by atoms with Gasteiger partial charge < -0.3 is 14.2 Å². The van der Waals surface area contributed by atoms with Crippen molar-refractivity contribution in [3.05, 3.63) is 29.3 Å². The fourth-order valence-electron chi connectivity index (χ4n) is 3.06. The van der Waals surface area contributed by atoms with Crippen LogP contribution in [0.25, 0.3) is 0 Å². The first kappa shape index (κ1) is 16.5. The zero-order valence-electron chi connectivity index (χ0n) is 13.5. The van der Waals surface area contributed by atoms with Gasteiger partial charge in [0.2, 0.25) is 0 Å². The van der Waals surface area contributed by atoms with Crippen LogP contribution in [0.1, 0.15) is 31.2 Å². The number of carbonyl (C=O) groups excluding carboxylic acids is 1. The third-order valence-corrected chi connectivity index (χ3v) is 4.15. The zero-order valence-corrected chi connectivity index (χ0v) is 13.5. The first-order valence-corrected chi connectivity index (χ1v) is 7.28. The van der Waals surface area contributed by atoms with Gasteiger partial charge in [-0.25, -0.2) is 0 Å². The normalized spacial score (nSPS) is 21.0. The zero-order chi connectivity index (χ0) is 16.3. The van der Waals surface area contributed by atoms with Gasteiger partial charge in [0.1, 0.15) is 19.3 Å². The molecule has 4 nitrogen and oxygen atoms in total. The molecule has 0 amide bonds. The van der Waals surface area contributed by atoms with E-state index in [1.54, 1.807) is 26.4 Å². The number of esters is 1. The van der Waals surface area contributed by atoms with Crippen molar-refractivity contribution in [2.24, 2.45) is 5.92 Å². The fourth-order valence-corrected chi connectivity index (χ4v) is 3.06. The maximum absolute atomic E-state index is 12.2. The highest BCUT2D eigenvalue weighted by Gasteiger charge is 2.35. The van der Waals surface area contributed by atoms with Crippen molar-refractivity contribution in [1.29, 1.82) is 0 Å². The third-order valence-electron chi connectivity index (χ3n) is 4.15. The maximum Gasteiger partial charge on any atom is 0.309 e. The topological polar surface area (TPSA) is 44.8 Å². The summed E-state index contributed by atoms with van der Waals surface area (Å²) in [6.45, 7) is 2.07. The number of benzene rings is 1. The monoisotopic (exact) mass is 300 g/mol. The summed E-state index contributed by atoms with van der Waals surface area (Å²) < 4.78 is 15.9. The Morgan fingerprint density at radius 3 is 2.27 bits per heavy atom. The highest BCUT2D eigenvalue weighted by atomic mass is 16.5. The molecule has 0 N–H and O–H groups in total. The Labute approximate surface area is 132 Å². The van der Waals surface area contributed by atoms with Crippen molar-refractivity contribution in [3.8, 4) is 11.5 Å². The largest absolute Gasteiger partial charge is 0.496 e. The van der Waals surface area contributed by atoms with Gasteiger partial charge in [0.15, 0.2) is 0 Å². The van der Waals surface area contributed by atoms with E-state index < -0.39 is 0 Å². The minimum absolute atomic E-state index is 0.147. The van der Waals surface area contributed by atoms with Crippen molar-refractivity contribution in [3.63, 3.8) is 0 Å². The standard InChI is InChI=1S/C17H21BO4/c1-10-5-6-12(17(19)22-4)13(7-10)16-14(20-2)8-11(18)9-15(16)21-3/h7-9,12-13H,5-6H2,1-4H3/t12-,13-/m1/s1. The summed E-state index contributed by atoms with van der Waals surface area (Å²) >= 11 is 0. The van der Waals surface area contributed by atoms with E-state index in [0.717, 1.165) is 18.4 Å². The van der Waals surface area contributed by atoms with Gasteiger partial charge in [-0.3, -0.25) is 4.79 Å². The Morgan fingerprint density at radius 2 is 1.77 bits per heavy atom. The first-order chi connectivity index (χ1) is 10.5. The molecule has 1 aromatic rings. The number of rotatable bonds is 4. The number of allylic oxidation sites excluding steroid dienone is 2. The van der Waals surface area contributed by atoms with Crippen LogP contribution < -0.4 is 14.9 Å². The van der Waals surface area contributed by atoms with Gasteiger partial charge >= 0.3 is 5.97 Å². The Hall–Kier alpha value is -1.91. The lowest BCUT2D eigenvalue weighted by Gasteiger charge is -2.30. The minimum Gasteiger partial charge on any atom is -0.496 e. The van der Waals surface area contributed by atoms with Gasteiger partial charge in [0.05, 0.1) is 27.2 Å². The molecule has 0 spiro atoms. The Morgan fingerprint density at radius 1 is 1.18 bits per heavy atom. The molecule has 2 rings (SSSR count). The van der Waals surface area contributed by atoms with Crippen LogP contribution in [0.4, 0.5) is 0 Å². The van der Waals surface area contributed by atoms with Crippen molar-refractivity contribution in [1.82, 2.24) is 0 Å². The lowest BCUT2D eigenvalue weighted by molar-refractivity contribution is -0.146. The lowest BCUT2D eigenvalue weighted by atomic mass is 9.76. The second kappa shape index (κ2) is 6.90. The first-order valence-electron chi connectivity index (χ1n) is 7.28. The fraction of sp³-hybridized carbons (Fsp3) is 0.471. The number of carbonyl (C=O) groups is 1.